The van der Waals surface area contributed by atoms with Crippen LogP contribution in [0, 0.1) is 11.7 Å². The Bertz CT molecular complexity index is 580. The van der Waals surface area contributed by atoms with Crippen molar-refractivity contribution in [2.75, 3.05) is 0 Å². The molecule has 2 heterocycles. The highest BCUT2D eigenvalue weighted by molar-refractivity contribution is 9.10. The number of hydrogen-bond donors (Lipinski definition) is 0. The van der Waals surface area contributed by atoms with E-state index in [2.05, 4.69) is 32.8 Å². The first-order valence-corrected chi connectivity index (χ1v) is 7.53. The van der Waals surface area contributed by atoms with E-state index in [9.17, 15) is 4.39 Å². The molecule has 2 aromatic rings. The standard InChI is InChI=1S/C13H12BrFN2S/c1-7(8-2-3-8)11-12(14)17-13(18-11)9-4-10(15)6-16-5-9/h4-8H,2-3H2,1H3. The Morgan fingerprint density at radius 1 is 1.44 bits per heavy atom. The second kappa shape index (κ2) is 4.70. The molecule has 0 N–H and O–H groups in total. The minimum absolute atomic E-state index is 0.324. The molecule has 1 aliphatic rings. The lowest BCUT2D eigenvalue weighted by Gasteiger charge is -2.06. The van der Waals surface area contributed by atoms with Crippen molar-refractivity contribution in [3.8, 4) is 10.6 Å². The maximum atomic E-state index is 13.2. The topological polar surface area (TPSA) is 25.8 Å². The zero-order valence-electron chi connectivity index (χ0n) is 9.86. The molecule has 3 rings (SSSR count). The quantitative estimate of drug-likeness (QED) is 0.822. The Labute approximate surface area is 117 Å². The van der Waals surface area contributed by atoms with Crippen LogP contribution in [0.1, 0.15) is 30.6 Å². The Morgan fingerprint density at radius 3 is 2.89 bits per heavy atom. The molecule has 18 heavy (non-hydrogen) atoms. The molecule has 0 aromatic carbocycles. The molecule has 0 amide bonds. The fourth-order valence-corrected chi connectivity index (χ4v) is 4.04. The summed E-state index contributed by atoms with van der Waals surface area (Å²) >= 11 is 5.15. The lowest BCUT2D eigenvalue weighted by Crippen LogP contribution is -1.92. The van der Waals surface area contributed by atoms with Gasteiger partial charge in [0.15, 0.2) is 0 Å². The van der Waals surface area contributed by atoms with Crippen LogP contribution in [-0.4, -0.2) is 9.97 Å². The van der Waals surface area contributed by atoms with Crippen LogP contribution in [0.5, 0.6) is 0 Å². The summed E-state index contributed by atoms with van der Waals surface area (Å²) in [5.74, 6) is 1.00. The van der Waals surface area contributed by atoms with E-state index in [1.54, 1.807) is 17.5 Å². The van der Waals surface area contributed by atoms with Crippen molar-refractivity contribution < 1.29 is 4.39 Å². The Morgan fingerprint density at radius 2 is 2.22 bits per heavy atom. The van der Waals surface area contributed by atoms with Crippen LogP contribution in [0.15, 0.2) is 23.1 Å². The Balaban J connectivity index is 1.96. The van der Waals surface area contributed by atoms with Crippen LogP contribution >= 0.6 is 27.3 Å². The van der Waals surface area contributed by atoms with Gasteiger partial charge in [0.1, 0.15) is 15.4 Å². The largest absolute Gasteiger partial charge is 0.261 e. The maximum Gasteiger partial charge on any atom is 0.142 e. The monoisotopic (exact) mass is 326 g/mol. The molecule has 0 saturated heterocycles. The van der Waals surface area contributed by atoms with Gasteiger partial charge in [0.2, 0.25) is 0 Å². The second-order valence-corrected chi connectivity index (χ2v) is 6.47. The van der Waals surface area contributed by atoms with Gasteiger partial charge in [-0.15, -0.1) is 11.3 Å². The number of nitrogens with zero attached hydrogens (tertiary/aromatic N) is 2. The first kappa shape index (κ1) is 12.2. The number of thiazole rings is 1. The highest BCUT2D eigenvalue weighted by Crippen LogP contribution is 2.47. The van der Waals surface area contributed by atoms with Crippen LogP contribution in [0.25, 0.3) is 10.6 Å². The summed E-state index contributed by atoms with van der Waals surface area (Å²) < 4.78 is 14.1. The van der Waals surface area contributed by atoms with E-state index in [0.29, 0.717) is 5.92 Å². The highest BCUT2D eigenvalue weighted by atomic mass is 79.9. The SMILES string of the molecule is CC(c1sc(-c2cncc(F)c2)nc1Br)C1CC1. The number of hydrogen-bond acceptors (Lipinski definition) is 3. The molecule has 1 fully saturated rings. The van der Waals surface area contributed by atoms with Crippen LogP contribution < -0.4 is 0 Å². The summed E-state index contributed by atoms with van der Waals surface area (Å²) in [4.78, 5) is 9.61. The van der Waals surface area contributed by atoms with Crippen molar-refractivity contribution in [3.05, 3.63) is 33.8 Å². The van der Waals surface area contributed by atoms with Crippen LogP contribution in [0.2, 0.25) is 0 Å². The predicted octanol–water partition coefficient (Wildman–Crippen LogP) is 4.62. The zero-order chi connectivity index (χ0) is 12.7. The van der Waals surface area contributed by atoms with E-state index in [1.165, 1.54) is 30.0 Å². The molecule has 5 heteroatoms. The molecule has 0 radical (unpaired) electrons. The molecule has 2 aromatic heterocycles. The molecule has 0 spiro atoms. The summed E-state index contributed by atoms with van der Waals surface area (Å²) in [6, 6.07) is 1.48. The zero-order valence-corrected chi connectivity index (χ0v) is 12.3. The third-order valence-electron chi connectivity index (χ3n) is 3.30. The molecule has 1 unspecified atom stereocenters. The molecule has 1 saturated carbocycles. The number of halogens is 2. The number of aromatic nitrogens is 2. The van der Waals surface area contributed by atoms with Crippen molar-refractivity contribution in [1.29, 1.82) is 0 Å². The molecule has 2 nitrogen and oxygen atoms in total. The highest BCUT2D eigenvalue weighted by Gasteiger charge is 2.31. The van der Waals surface area contributed by atoms with Crippen LogP contribution in [-0.2, 0) is 0 Å². The van der Waals surface area contributed by atoms with Crippen LogP contribution in [0.4, 0.5) is 4.39 Å². The lowest BCUT2D eigenvalue weighted by atomic mass is 10.1. The van der Waals surface area contributed by atoms with Gasteiger partial charge in [0.25, 0.3) is 0 Å². The minimum atomic E-state index is -0.324. The average molecular weight is 327 g/mol. The molecule has 94 valence electrons. The van der Waals surface area contributed by atoms with E-state index < -0.39 is 0 Å². The molecular formula is C13H12BrFN2S. The first-order chi connectivity index (χ1) is 8.65. The van der Waals surface area contributed by atoms with E-state index in [1.807, 2.05) is 0 Å². The molecule has 0 aliphatic heterocycles. The van der Waals surface area contributed by atoms with Crippen LogP contribution in [0.3, 0.4) is 0 Å². The van der Waals surface area contributed by atoms with Gasteiger partial charge in [-0.1, -0.05) is 6.92 Å². The predicted molar refractivity (Wildman–Crippen MR) is 74.1 cm³/mol. The van der Waals surface area contributed by atoms with Gasteiger partial charge in [-0.3, -0.25) is 4.98 Å². The summed E-state index contributed by atoms with van der Waals surface area (Å²) in [5.41, 5.74) is 0.745. The van der Waals surface area contributed by atoms with Gasteiger partial charge in [-0.25, -0.2) is 9.37 Å². The Kier molecular flexibility index (Phi) is 3.20. The van der Waals surface area contributed by atoms with Gasteiger partial charge in [-0.2, -0.15) is 0 Å². The third kappa shape index (κ3) is 2.34. The summed E-state index contributed by atoms with van der Waals surface area (Å²) in [6.07, 6.45) is 5.48. The lowest BCUT2D eigenvalue weighted by molar-refractivity contribution is 0.622. The van der Waals surface area contributed by atoms with Gasteiger partial charge in [0.05, 0.1) is 6.20 Å². The Hall–Kier alpha value is -0.810. The molecule has 0 bridgehead atoms. The van der Waals surface area contributed by atoms with E-state index in [-0.39, 0.29) is 5.82 Å². The third-order valence-corrected chi connectivity index (χ3v) is 5.48. The number of rotatable bonds is 3. The fraction of sp³-hybridized carbons (Fsp3) is 0.385. The normalized spacial score (nSPS) is 16.8. The summed E-state index contributed by atoms with van der Waals surface area (Å²) in [7, 11) is 0. The second-order valence-electron chi connectivity index (χ2n) is 4.69. The van der Waals surface area contributed by atoms with E-state index >= 15 is 0 Å². The first-order valence-electron chi connectivity index (χ1n) is 5.92. The maximum absolute atomic E-state index is 13.2. The van der Waals surface area contributed by atoms with Crippen molar-refractivity contribution >= 4 is 27.3 Å². The minimum Gasteiger partial charge on any atom is -0.261 e. The fourth-order valence-electron chi connectivity index (χ4n) is 2.06. The summed E-state index contributed by atoms with van der Waals surface area (Å²) in [5, 5.41) is 0.830. The van der Waals surface area contributed by atoms with E-state index in [4.69, 9.17) is 0 Å². The summed E-state index contributed by atoms with van der Waals surface area (Å²) in [6.45, 7) is 2.24. The van der Waals surface area contributed by atoms with Gasteiger partial charge in [-0.05, 0) is 46.7 Å². The molecule has 1 atom stereocenters. The number of pyridine rings is 1. The smallest absolute Gasteiger partial charge is 0.142 e. The van der Waals surface area contributed by atoms with Gasteiger partial charge < -0.3 is 0 Å². The van der Waals surface area contributed by atoms with Gasteiger partial charge in [0, 0.05) is 16.6 Å². The van der Waals surface area contributed by atoms with Gasteiger partial charge >= 0.3 is 0 Å². The van der Waals surface area contributed by atoms with Crippen molar-refractivity contribution in [1.82, 2.24) is 9.97 Å². The molecule has 1 aliphatic carbocycles. The van der Waals surface area contributed by atoms with Crippen molar-refractivity contribution in [2.24, 2.45) is 5.92 Å². The average Bonchev–Trinajstić information content (AvgIpc) is 3.12. The molecular weight excluding hydrogens is 315 g/mol. The van der Waals surface area contributed by atoms with Crippen molar-refractivity contribution in [3.63, 3.8) is 0 Å². The van der Waals surface area contributed by atoms with E-state index in [0.717, 1.165) is 21.1 Å². The van der Waals surface area contributed by atoms with Crippen molar-refractivity contribution in [2.45, 2.75) is 25.7 Å².